The fourth-order valence-electron chi connectivity index (χ4n) is 3.53. The summed E-state index contributed by atoms with van der Waals surface area (Å²) in [7, 11) is 1.86. The molecule has 1 atom stereocenters. The summed E-state index contributed by atoms with van der Waals surface area (Å²) < 4.78 is 38.0. The van der Waals surface area contributed by atoms with Gasteiger partial charge in [-0.3, -0.25) is 9.59 Å². The van der Waals surface area contributed by atoms with E-state index in [0.717, 1.165) is 40.6 Å². The summed E-state index contributed by atoms with van der Waals surface area (Å²) in [5.74, 6) is 0.0376. The van der Waals surface area contributed by atoms with E-state index in [-0.39, 0.29) is 23.9 Å². The molecule has 0 bridgehead atoms. The number of amides is 2. The maximum absolute atomic E-state index is 12.7. The lowest BCUT2D eigenvalue weighted by molar-refractivity contribution is -0.897. The minimum absolute atomic E-state index is 0.0120. The molecule has 0 spiro atoms. The quantitative estimate of drug-likeness (QED) is 0.563. The van der Waals surface area contributed by atoms with Crippen molar-refractivity contribution in [2.75, 3.05) is 46.3 Å². The number of alkyl halides is 3. The third-order valence-corrected chi connectivity index (χ3v) is 4.99. The molecule has 6 nitrogen and oxygen atoms in total. The van der Waals surface area contributed by atoms with Gasteiger partial charge in [0.15, 0.2) is 13.1 Å². The van der Waals surface area contributed by atoms with E-state index in [1.807, 2.05) is 27.8 Å². The minimum Gasteiger partial charge on any atom is -0.347 e. The molecule has 0 radical (unpaired) electrons. The van der Waals surface area contributed by atoms with Crippen molar-refractivity contribution in [2.45, 2.75) is 39.0 Å². The lowest BCUT2D eigenvalue weighted by atomic mass is 10.1. The van der Waals surface area contributed by atoms with Gasteiger partial charge >= 0.3 is 6.18 Å². The summed E-state index contributed by atoms with van der Waals surface area (Å²) in [6.45, 7) is 9.64. The van der Waals surface area contributed by atoms with Gasteiger partial charge in [0, 0.05) is 11.1 Å². The van der Waals surface area contributed by atoms with Gasteiger partial charge in [-0.15, -0.1) is 0 Å². The fourth-order valence-corrected chi connectivity index (χ4v) is 3.53. The van der Waals surface area contributed by atoms with E-state index < -0.39 is 11.7 Å². The van der Waals surface area contributed by atoms with Crippen LogP contribution in [0.15, 0.2) is 24.3 Å². The Morgan fingerprint density at radius 2 is 1.67 bits per heavy atom. The Bertz CT molecular complexity index is 721. The normalized spacial score (nSPS) is 17.0. The Kier molecular flexibility index (Phi) is 7.87. The molecule has 1 heterocycles. The number of halogens is 3. The molecular weight excluding hydrogens is 397 g/mol. The second-order valence-electron chi connectivity index (χ2n) is 9.11. The average Bonchev–Trinajstić information content (AvgIpc) is 2.60. The minimum atomic E-state index is -4.34. The number of benzene rings is 1. The zero-order valence-corrected chi connectivity index (χ0v) is 18.2. The Morgan fingerprint density at radius 1 is 1.10 bits per heavy atom. The van der Waals surface area contributed by atoms with Crippen LogP contribution in [0.5, 0.6) is 0 Å². The molecule has 0 aliphatic carbocycles. The van der Waals surface area contributed by atoms with Crippen LogP contribution in [0.1, 0.15) is 31.9 Å². The van der Waals surface area contributed by atoms with Crippen LogP contribution in [-0.4, -0.2) is 68.6 Å². The predicted octanol–water partition coefficient (Wildman–Crippen LogP) is -0.638. The Morgan fingerprint density at radius 3 is 2.17 bits per heavy atom. The molecule has 2 amide bonds. The molecule has 1 aliphatic rings. The molecule has 1 saturated heterocycles. The van der Waals surface area contributed by atoms with Crippen LogP contribution < -0.4 is 15.1 Å². The van der Waals surface area contributed by atoms with Gasteiger partial charge in [-0.05, 0) is 32.9 Å². The highest BCUT2D eigenvalue weighted by Crippen LogP contribution is 2.28. The summed E-state index contributed by atoms with van der Waals surface area (Å²) in [6, 6.07) is 5.06. The van der Waals surface area contributed by atoms with E-state index in [1.54, 1.807) is 4.90 Å². The number of rotatable bonds is 6. The second kappa shape index (κ2) is 9.78. The smallest absolute Gasteiger partial charge is 0.347 e. The predicted molar refractivity (Wildman–Crippen MR) is 107 cm³/mol. The topological polar surface area (TPSA) is 58.3 Å². The molecule has 1 unspecified atom stereocenters. The summed E-state index contributed by atoms with van der Waals surface area (Å²) in [6.07, 6.45) is -4.34. The molecular formula is C21H33F3N4O2+2. The van der Waals surface area contributed by atoms with Crippen molar-refractivity contribution in [3.8, 4) is 0 Å². The fraction of sp³-hybridized carbons (Fsp3) is 0.619. The maximum atomic E-state index is 12.7. The molecule has 3 N–H and O–H groups in total. The number of piperazine rings is 1. The van der Waals surface area contributed by atoms with E-state index in [1.165, 1.54) is 12.1 Å². The van der Waals surface area contributed by atoms with Gasteiger partial charge in [-0.25, -0.2) is 0 Å². The summed E-state index contributed by atoms with van der Waals surface area (Å²) in [5.41, 5.74) is -0.168. The summed E-state index contributed by atoms with van der Waals surface area (Å²) in [4.78, 5) is 28.5. The summed E-state index contributed by atoms with van der Waals surface area (Å²) in [5, 5.41) is 2.96. The number of carbonyl (C=O) groups excluding carboxylic acids is 2. The second-order valence-corrected chi connectivity index (χ2v) is 9.11. The lowest BCUT2D eigenvalue weighted by Gasteiger charge is -2.32. The first-order valence-electron chi connectivity index (χ1n) is 10.2. The molecule has 0 saturated carbocycles. The molecule has 30 heavy (non-hydrogen) atoms. The van der Waals surface area contributed by atoms with Gasteiger partial charge in [0.2, 0.25) is 0 Å². The molecule has 0 aromatic heterocycles. The molecule has 1 fully saturated rings. The molecule has 168 valence electrons. The third kappa shape index (κ3) is 7.95. The van der Waals surface area contributed by atoms with Gasteiger partial charge in [-0.2, -0.15) is 13.2 Å². The van der Waals surface area contributed by atoms with Crippen molar-refractivity contribution >= 4 is 11.8 Å². The van der Waals surface area contributed by atoms with Crippen LogP contribution in [0.4, 0.5) is 13.2 Å². The van der Waals surface area contributed by atoms with Gasteiger partial charge in [0.25, 0.3) is 11.8 Å². The number of hydrogen-bond donors (Lipinski definition) is 3. The van der Waals surface area contributed by atoms with E-state index in [9.17, 15) is 22.8 Å². The molecule has 1 aromatic carbocycles. The first-order valence-corrected chi connectivity index (χ1v) is 10.2. The van der Waals surface area contributed by atoms with E-state index in [0.29, 0.717) is 26.2 Å². The van der Waals surface area contributed by atoms with Crippen LogP contribution >= 0.6 is 0 Å². The van der Waals surface area contributed by atoms with Crippen molar-refractivity contribution in [1.29, 1.82) is 0 Å². The Labute approximate surface area is 176 Å². The van der Waals surface area contributed by atoms with Crippen molar-refractivity contribution in [3.05, 3.63) is 35.4 Å². The van der Waals surface area contributed by atoms with E-state index in [2.05, 4.69) is 5.32 Å². The van der Waals surface area contributed by atoms with Crippen molar-refractivity contribution in [1.82, 2.24) is 10.2 Å². The highest BCUT2D eigenvalue weighted by Gasteiger charge is 2.30. The van der Waals surface area contributed by atoms with Crippen LogP contribution in [-0.2, 0) is 22.3 Å². The van der Waals surface area contributed by atoms with Crippen molar-refractivity contribution < 1.29 is 32.6 Å². The highest BCUT2D eigenvalue weighted by atomic mass is 19.4. The van der Waals surface area contributed by atoms with Crippen LogP contribution in [0.25, 0.3) is 0 Å². The van der Waals surface area contributed by atoms with E-state index >= 15 is 0 Å². The number of nitrogens with one attached hydrogen (secondary N) is 3. The van der Waals surface area contributed by atoms with Crippen molar-refractivity contribution in [3.63, 3.8) is 0 Å². The highest BCUT2D eigenvalue weighted by molar-refractivity contribution is 5.78. The number of hydrogen-bond acceptors (Lipinski definition) is 2. The third-order valence-electron chi connectivity index (χ3n) is 4.99. The van der Waals surface area contributed by atoms with Crippen LogP contribution in [0, 0.1) is 0 Å². The van der Waals surface area contributed by atoms with Gasteiger partial charge in [-0.1, -0.05) is 12.1 Å². The first-order chi connectivity index (χ1) is 13.8. The van der Waals surface area contributed by atoms with Crippen LogP contribution in [0.3, 0.4) is 0 Å². The molecule has 9 heteroatoms. The van der Waals surface area contributed by atoms with Gasteiger partial charge in [0.1, 0.15) is 6.54 Å². The molecule has 2 rings (SSSR count). The SMILES string of the molecule is C[NH+](CC(=O)N1CC[NH+](CC(=O)NC(C)(C)C)CC1)Cc1ccc(C(F)(F)F)cc1. The summed E-state index contributed by atoms with van der Waals surface area (Å²) >= 11 is 0. The molecule has 1 aromatic rings. The number of carbonyl (C=O) groups is 2. The zero-order chi connectivity index (χ0) is 22.5. The van der Waals surface area contributed by atoms with Gasteiger partial charge in [0.05, 0.1) is 38.8 Å². The largest absolute Gasteiger partial charge is 0.416 e. The Hall–Kier alpha value is -2.13. The van der Waals surface area contributed by atoms with Crippen LogP contribution in [0.2, 0.25) is 0 Å². The Balaban J connectivity index is 1.75. The number of likely N-dealkylation sites (N-methyl/N-ethyl adjacent to an activating group) is 1. The zero-order valence-electron chi connectivity index (χ0n) is 18.2. The first kappa shape index (κ1) is 24.1. The average molecular weight is 431 g/mol. The molecule has 1 aliphatic heterocycles. The lowest BCUT2D eigenvalue weighted by Crippen LogP contribution is -3.16. The van der Waals surface area contributed by atoms with E-state index in [4.69, 9.17) is 0 Å². The maximum Gasteiger partial charge on any atom is 0.416 e. The number of nitrogens with zero attached hydrogens (tertiary/aromatic N) is 1. The van der Waals surface area contributed by atoms with Gasteiger partial charge < -0.3 is 20.0 Å². The monoisotopic (exact) mass is 430 g/mol. The van der Waals surface area contributed by atoms with Crippen molar-refractivity contribution in [2.24, 2.45) is 0 Å². The standard InChI is InChI=1S/C21H31F3N4O2/c1-20(2,3)25-18(29)14-27-9-11-28(12-10-27)19(30)15-26(4)13-16-5-7-17(8-6-16)21(22,23)24/h5-8H,9-15H2,1-4H3,(H,25,29)/p+2. The number of quaternary nitrogens is 2.